The van der Waals surface area contributed by atoms with Gasteiger partial charge >= 0.3 is 0 Å². The number of hydrogen-bond donors (Lipinski definition) is 0. The van der Waals surface area contributed by atoms with Crippen LogP contribution in [-0.2, 0) is 16.6 Å². The number of ether oxygens (including phenoxy) is 1. The summed E-state index contributed by atoms with van der Waals surface area (Å²) >= 11 is 18.7. The molecule has 38 heavy (non-hydrogen) atoms. The SMILES string of the molecule is I.O=S(=O)(c1ccc(Cl)cc1)N(Cc1ccccc1OCCCCN1CCCCC1)c1cc(Cl)ccc1Cl. The molecular formula is C28H32Cl3IN2O3S. The van der Waals surface area contributed by atoms with Crippen LogP contribution in [0.2, 0.25) is 15.1 Å². The Hall–Kier alpha value is -1.23. The molecule has 206 valence electrons. The first-order chi connectivity index (χ1) is 17.8. The zero-order chi connectivity index (χ0) is 26.3. The second-order valence-corrected chi connectivity index (χ2v) is 12.3. The summed E-state index contributed by atoms with van der Waals surface area (Å²) in [5.41, 5.74) is 1.02. The molecule has 0 aliphatic carbocycles. The van der Waals surface area contributed by atoms with Gasteiger partial charge in [0.15, 0.2) is 0 Å². The van der Waals surface area contributed by atoms with Gasteiger partial charge in [-0.05, 0) is 93.8 Å². The normalized spacial score (nSPS) is 14.1. The Morgan fingerprint density at radius 1 is 0.842 bits per heavy atom. The molecule has 4 rings (SSSR count). The van der Waals surface area contributed by atoms with Crippen LogP contribution in [0.4, 0.5) is 5.69 Å². The van der Waals surface area contributed by atoms with Crippen molar-refractivity contribution in [2.24, 2.45) is 0 Å². The topological polar surface area (TPSA) is 49.9 Å². The second-order valence-electron chi connectivity index (χ2n) is 9.13. The fourth-order valence-corrected chi connectivity index (χ4v) is 6.46. The second kappa shape index (κ2) is 15.0. The first-order valence-electron chi connectivity index (χ1n) is 12.5. The monoisotopic (exact) mass is 708 g/mol. The lowest BCUT2D eigenvalue weighted by Gasteiger charge is -2.27. The highest BCUT2D eigenvalue weighted by atomic mass is 127. The van der Waals surface area contributed by atoms with Gasteiger partial charge in [0.2, 0.25) is 0 Å². The minimum Gasteiger partial charge on any atom is -0.493 e. The van der Waals surface area contributed by atoms with E-state index >= 15 is 0 Å². The van der Waals surface area contributed by atoms with E-state index in [1.165, 1.54) is 48.8 Å². The molecule has 0 bridgehead atoms. The van der Waals surface area contributed by atoms with Crippen molar-refractivity contribution in [3.8, 4) is 5.75 Å². The molecule has 1 heterocycles. The third-order valence-corrected chi connectivity index (χ3v) is 9.02. The maximum atomic E-state index is 13.8. The quantitative estimate of drug-likeness (QED) is 0.149. The van der Waals surface area contributed by atoms with E-state index in [-0.39, 0.29) is 40.4 Å². The summed E-state index contributed by atoms with van der Waals surface area (Å²) in [5.74, 6) is 0.648. The lowest BCUT2D eigenvalue weighted by Crippen LogP contribution is -2.31. The molecular weight excluding hydrogens is 678 g/mol. The van der Waals surface area contributed by atoms with Crippen molar-refractivity contribution in [1.29, 1.82) is 0 Å². The molecule has 0 saturated carbocycles. The van der Waals surface area contributed by atoms with Crippen LogP contribution in [0.3, 0.4) is 0 Å². The number of halogens is 4. The highest BCUT2D eigenvalue weighted by molar-refractivity contribution is 14.0. The molecule has 0 aromatic heterocycles. The molecule has 0 N–H and O–H groups in total. The van der Waals surface area contributed by atoms with E-state index in [9.17, 15) is 8.42 Å². The smallest absolute Gasteiger partial charge is 0.264 e. The minimum absolute atomic E-state index is 0. The Balaban J connectivity index is 0.00000400. The van der Waals surface area contributed by atoms with Gasteiger partial charge in [-0.15, -0.1) is 24.0 Å². The Morgan fingerprint density at radius 2 is 1.53 bits per heavy atom. The van der Waals surface area contributed by atoms with E-state index in [1.807, 2.05) is 24.3 Å². The molecule has 0 amide bonds. The van der Waals surface area contributed by atoms with Gasteiger partial charge in [0, 0.05) is 15.6 Å². The fourth-order valence-electron chi connectivity index (χ4n) is 4.44. The third-order valence-electron chi connectivity index (χ3n) is 6.44. The predicted octanol–water partition coefficient (Wildman–Crippen LogP) is 8.31. The molecule has 0 unspecified atom stereocenters. The number of piperidine rings is 1. The zero-order valence-corrected chi connectivity index (χ0v) is 26.4. The van der Waals surface area contributed by atoms with Gasteiger partial charge < -0.3 is 9.64 Å². The summed E-state index contributed by atoms with van der Waals surface area (Å²) in [7, 11) is -4.00. The highest BCUT2D eigenvalue weighted by Gasteiger charge is 2.28. The lowest BCUT2D eigenvalue weighted by atomic mass is 10.1. The standard InChI is InChI=1S/C28H31Cl3N2O3S.HI/c29-23-10-13-25(14-11-23)37(34,35)33(27-20-24(30)12-15-26(27)31)21-22-8-2-3-9-28(22)36-19-7-6-18-32-16-4-1-5-17-32;/h2-3,8-15,20H,1,4-7,16-19,21H2;1H. The van der Waals surface area contributed by atoms with Crippen LogP contribution in [0.1, 0.15) is 37.7 Å². The summed E-state index contributed by atoms with van der Waals surface area (Å²) in [5, 5.41) is 1.11. The summed E-state index contributed by atoms with van der Waals surface area (Å²) in [6, 6.07) is 18.3. The number of benzene rings is 3. The van der Waals surface area contributed by atoms with Gasteiger partial charge in [-0.1, -0.05) is 59.4 Å². The van der Waals surface area contributed by atoms with Crippen LogP contribution in [-0.4, -0.2) is 39.6 Å². The lowest BCUT2D eigenvalue weighted by molar-refractivity contribution is 0.215. The van der Waals surface area contributed by atoms with E-state index in [0.29, 0.717) is 28.1 Å². The van der Waals surface area contributed by atoms with Gasteiger partial charge in [0.25, 0.3) is 10.0 Å². The van der Waals surface area contributed by atoms with Gasteiger partial charge in [-0.3, -0.25) is 4.31 Å². The summed E-state index contributed by atoms with van der Waals surface area (Å²) < 4.78 is 35.0. The van der Waals surface area contributed by atoms with Crippen LogP contribution < -0.4 is 9.04 Å². The Morgan fingerprint density at radius 3 is 2.26 bits per heavy atom. The number of sulfonamides is 1. The minimum atomic E-state index is -4.00. The van der Waals surface area contributed by atoms with Crippen molar-refractivity contribution in [3.05, 3.63) is 87.4 Å². The summed E-state index contributed by atoms with van der Waals surface area (Å²) in [4.78, 5) is 2.62. The highest BCUT2D eigenvalue weighted by Crippen LogP contribution is 2.35. The first kappa shape index (κ1) is 31.3. The number of likely N-dealkylation sites (tertiary alicyclic amines) is 1. The van der Waals surface area contributed by atoms with Gasteiger partial charge in [0.05, 0.1) is 28.8 Å². The van der Waals surface area contributed by atoms with E-state index < -0.39 is 10.0 Å². The Labute approximate surface area is 258 Å². The van der Waals surface area contributed by atoms with E-state index in [4.69, 9.17) is 39.5 Å². The van der Waals surface area contributed by atoms with Crippen molar-refractivity contribution in [2.75, 3.05) is 30.5 Å². The molecule has 5 nitrogen and oxygen atoms in total. The molecule has 1 fully saturated rings. The Kier molecular flexibility index (Phi) is 12.3. The summed E-state index contributed by atoms with van der Waals surface area (Å²) in [6.07, 6.45) is 5.91. The average molecular weight is 710 g/mol. The van der Waals surface area contributed by atoms with E-state index in [1.54, 1.807) is 30.3 Å². The van der Waals surface area contributed by atoms with Gasteiger partial charge in [-0.25, -0.2) is 8.42 Å². The molecule has 3 aromatic rings. The maximum Gasteiger partial charge on any atom is 0.264 e. The first-order valence-corrected chi connectivity index (χ1v) is 15.1. The van der Waals surface area contributed by atoms with Crippen molar-refractivity contribution < 1.29 is 13.2 Å². The zero-order valence-electron chi connectivity index (χ0n) is 21.0. The Bertz CT molecular complexity index is 1290. The van der Waals surface area contributed by atoms with Gasteiger partial charge in [0.1, 0.15) is 5.75 Å². The number of anilines is 1. The van der Waals surface area contributed by atoms with E-state index in [2.05, 4.69) is 4.90 Å². The third kappa shape index (κ3) is 8.38. The molecule has 10 heteroatoms. The molecule has 0 spiro atoms. The molecule has 1 aliphatic rings. The van der Waals surface area contributed by atoms with Crippen molar-refractivity contribution in [1.82, 2.24) is 4.90 Å². The van der Waals surface area contributed by atoms with Crippen LogP contribution >= 0.6 is 58.8 Å². The van der Waals surface area contributed by atoms with E-state index in [0.717, 1.165) is 24.9 Å². The molecule has 1 saturated heterocycles. The molecule has 1 aliphatic heterocycles. The maximum absolute atomic E-state index is 13.8. The van der Waals surface area contributed by atoms with Crippen LogP contribution in [0.5, 0.6) is 5.75 Å². The van der Waals surface area contributed by atoms with Crippen molar-refractivity contribution >= 4 is 74.5 Å². The predicted molar refractivity (Wildman–Crippen MR) is 168 cm³/mol. The van der Waals surface area contributed by atoms with Crippen LogP contribution in [0, 0.1) is 0 Å². The molecule has 0 atom stereocenters. The molecule has 3 aromatic carbocycles. The fraction of sp³-hybridized carbons (Fsp3) is 0.357. The molecule has 0 radical (unpaired) electrons. The number of nitrogens with zero attached hydrogens (tertiary/aromatic N) is 2. The van der Waals surface area contributed by atoms with Crippen LogP contribution in [0.25, 0.3) is 0 Å². The number of para-hydroxylation sites is 1. The number of unbranched alkanes of at least 4 members (excludes halogenated alkanes) is 1. The van der Waals surface area contributed by atoms with Crippen LogP contribution in [0.15, 0.2) is 71.6 Å². The number of rotatable bonds is 11. The van der Waals surface area contributed by atoms with Gasteiger partial charge in [-0.2, -0.15) is 0 Å². The largest absolute Gasteiger partial charge is 0.493 e. The summed E-state index contributed by atoms with van der Waals surface area (Å²) in [6.45, 7) is 4.05. The van der Waals surface area contributed by atoms with Crippen molar-refractivity contribution in [3.63, 3.8) is 0 Å². The number of hydrogen-bond acceptors (Lipinski definition) is 4. The average Bonchev–Trinajstić information content (AvgIpc) is 2.90. The van der Waals surface area contributed by atoms with Crippen molar-refractivity contribution in [2.45, 2.75) is 43.5 Å².